The summed E-state index contributed by atoms with van der Waals surface area (Å²) in [6, 6.07) is 0. The van der Waals surface area contributed by atoms with Crippen LogP contribution in [0.1, 0.15) is 81.1 Å². The fourth-order valence-corrected chi connectivity index (χ4v) is 8.65. The lowest BCUT2D eigenvalue weighted by molar-refractivity contribution is -0.137. The number of ether oxygens (including phenoxy) is 1. The van der Waals surface area contributed by atoms with Gasteiger partial charge < -0.3 is 19.4 Å². The van der Waals surface area contributed by atoms with Crippen molar-refractivity contribution >= 4 is 14.1 Å². The molecule has 2 N–H and O–H groups in total. The minimum atomic E-state index is -2.20. The van der Waals surface area contributed by atoms with Crippen molar-refractivity contribution in [2.75, 3.05) is 7.11 Å². The second-order valence-electron chi connectivity index (χ2n) is 14.2. The SMILES string of the molecule is CO[C@@H]1[C@H]2C[C@@](C)(O)[C@@H](O[Si](C)(C)C(C)(C)C)C[C@H]3C(C)(C)[C@H](O)C[C@@]3(C)C(=O)[C@H]2C[C@H]1C. The first kappa shape index (κ1) is 27.3. The zero-order chi connectivity index (χ0) is 25.4. The van der Waals surface area contributed by atoms with Crippen LogP contribution >= 0.6 is 0 Å². The zero-order valence-corrected chi connectivity index (χ0v) is 24.0. The molecule has 0 aromatic heterocycles. The van der Waals surface area contributed by atoms with Crippen LogP contribution in [-0.4, -0.2) is 55.3 Å². The summed E-state index contributed by atoms with van der Waals surface area (Å²) in [6.07, 6.45) is 1.34. The van der Waals surface area contributed by atoms with Crippen LogP contribution in [0.15, 0.2) is 0 Å². The van der Waals surface area contributed by atoms with Gasteiger partial charge in [0.05, 0.1) is 23.9 Å². The second-order valence-corrected chi connectivity index (χ2v) is 19.0. The molecule has 0 bridgehead atoms. The summed E-state index contributed by atoms with van der Waals surface area (Å²) in [6.45, 7) is 21.4. The van der Waals surface area contributed by atoms with Crippen molar-refractivity contribution in [1.82, 2.24) is 0 Å². The lowest BCUT2D eigenvalue weighted by Crippen LogP contribution is -2.53. The Balaban J connectivity index is 2.15. The summed E-state index contributed by atoms with van der Waals surface area (Å²) in [5, 5.41) is 23.2. The zero-order valence-electron chi connectivity index (χ0n) is 23.0. The van der Waals surface area contributed by atoms with Crippen LogP contribution in [0.3, 0.4) is 0 Å². The molecule has 0 aromatic carbocycles. The van der Waals surface area contributed by atoms with Crippen LogP contribution in [0.4, 0.5) is 0 Å². The van der Waals surface area contributed by atoms with Gasteiger partial charge in [-0.1, -0.05) is 48.5 Å². The quantitative estimate of drug-likeness (QED) is 0.541. The molecule has 9 atom stereocenters. The number of methoxy groups -OCH3 is 1. The Hall–Kier alpha value is -0.273. The van der Waals surface area contributed by atoms with Gasteiger partial charge >= 0.3 is 0 Å². The molecular weight excluding hydrogens is 432 g/mol. The van der Waals surface area contributed by atoms with E-state index in [1.54, 1.807) is 7.11 Å². The number of ketones is 1. The third-order valence-corrected chi connectivity index (χ3v) is 15.0. The average molecular weight is 483 g/mol. The maximum absolute atomic E-state index is 14.3. The van der Waals surface area contributed by atoms with Crippen molar-refractivity contribution in [1.29, 1.82) is 0 Å². The molecule has 0 saturated heterocycles. The molecule has 5 nitrogen and oxygen atoms in total. The third-order valence-electron chi connectivity index (χ3n) is 10.5. The highest BCUT2D eigenvalue weighted by Crippen LogP contribution is 2.61. The molecule has 0 radical (unpaired) electrons. The number of aliphatic hydroxyl groups excluding tert-OH is 1. The van der Waals surface area contributed by atoms with E-state index in [1.165, 1.54) is 0 Å². The van der Waals surface area contributed by atoms with Crippen molar-refractivity contribution in [2.45, 2.75) is 123 Å². The normalized spacial score (nSPS) is 46.3. The predicted molar refractivity (Wildman–Crippen MR) is 134 cm³/mol. The van der Waals surface area contributed by atoms with Crippen LogP contribution in [0.5, 0.6) is 0 Å². The Morgan fingerprint density at radius 2 is 1.64 bits per heavy atom. The van der Waals surface area contributed by atoms with E-state index in [4.69, 9.17) is 9.16 Å². The largest absolute Gasteiger partial charge is 0.411 e. The Morgan fingerprint density at radius 3 is 2.15 bits per heavy atom. The maximum atomic E-state index is 14.3. The van der Waals surface area contributed by atoms with Crippen molar-refractivity contribution in [3.05, 3.63) is 0 Å². The summed E-state index contributed by atoms with van der Waals surface area (Å²) in [5.41, 5.74) is -2.15. The Labute approximate surface area is 203 Å². The molecule has 0 amide bonds. The minimum absolute atomic E-state index is 0.00477. The molecule has 6 heteroatoms. The number of rotatable bonds is 3. The van der Waals surface area contributed by atoms with Crippen molar-refractivity contribution < 1.29 is 24.2 Å². The molecular formula is C27H50O5Si. The summed E-state index contributed by atoms with van der Waals surface area (Å²) >= 11 is 0. The molecule has 0 aliphatic heterocycles. The lowest BCUT2D eigenvalue weighted by atomic mass is 9.64. The van der Waals surface area contributed by atoms with E-state index in [1.807, 2.05) is 6.92 Å². The van der Waals surface area contributed by atoms with E-state index in [9.17, 15) is 15.0 Å². The maximum Gasteiger partial charge on any atom is 0.192 e. The highest BCUT2D eigenvalue weighted by Gasteiger charge is 2.64. The van der Waals surface area contributed by atoms with Crippen molar-refractivity contribution in [3.8, 4) is 0 Å². The topological polar surface area (TPSA) is 76.0 Å². The summed E-state index contributed by atoms with van der Waals surface area (Å²) in [7, 11) is -0.468. The van der Waals surface area contributed by atoms with Crippen LogP contribution in [0.2, 0.25) is 18.1 Å². The first-order valence-electron chi connectivity index (χ1n) is 12.9. The van der Waals surface area contributed by atoms with Gasteiger partial charge in [-0.25, -0.2) is 0 Å². The number of hydrogen-bond acceptors (Lipinski definition) is 5. The molecule has 0 heterocycles. The van der Waals surface area contributed by atoms with E-state index in [-0.39, 0.29) is 40.6 Å². The summed E-state index contributed by atoms with van der Waals surface area (Å²) in [5.74, 6) is 0.248. The highest BCUT2D eigenvalue weighted by molar-refractivity contribution is 6.74. The number of aliphatic hydroxyl groups is 2. The monoisotopic (exact) mass is 482 g/mol. The van der Waals surface area contributed by atoms with Gasteiger partial charge in [0.2, 0.25) is 0 Å². The van der Waals surface area contributed by atoms with E-state index in [0.29, 0.717) is 19.3 Å². The average Bonchev–Trinajstić information content (AvgIpc) is 3.04. The van der Waals surface area contributed by atoms with E-state index < -0.39 is 37.0 Å². The van der Waals surface area contributed by atoms with Crippen LogP contribution in [0, 0.1) is 34.5 Å². The van der Waals surface area contributed by atoms with Crippen LogP contribution < -0.4 is 0 Å². The Bertz CT molecular complexity index is 754. The fourth-order valence-electron chi connectivity index (χ4n) is 7.23. The molecule has 3 aliphatic carbocycles. The minimum Gasteiger partial charge on any atom is -0.411 e. The van der Waals surface area contributed by atoms with Gasteiger partial charge in [-0.3, -0.25) is 4.79 Å². The van der Waals surface area contributed by atoms with E-state index in [2.05, 4.69) is 61.6 Å². The Morgan fingerprint density at radius 1 is 1.06 bits per heavy atom. The fraction of sp³-hybridized carbons (Fsp3) is 0.963. The van der Waals surface area contributed by atoms with Crippen LogP contribution in [0.25, 0.3) is 0 Å². The third kappa shape index (κ3) is 4.41. The second kappa shape index (κ2) is 8.40. The van der Waals surface area contributed by atoms with Crippen molar-refractivity contribution in [3.63, 3.8) is 0 Å². The van der Waals surface area contributed by atoms with Crippen LogP contribution in [-0.2, 0) is 14.0 Å². The molecule has 3 saturated carbocycles. The summed E-state index contributed by atoms with van der Waals surface area (Å²) in [4.78, 5) is 14.3. The molecule has 3 rings (SSSR count). The van der Waals surface area contributed by atoms with E-state index in [0.717, 1.165) is 6.42 Å². The van der Waals surface area contributed by atoms with Gasteiger partial charge in [0.1, 0.15) is 5.78 Å². The molecule has 0 unspecified atom stereocenters. The van der Waals surface area contributed by atoms with Crippen molar-refractivity contribution in [2.24, 2.45) is 34.5 Å². The molecule has 3 fully saturated rings. The summed E-state index contributed by atoms with van der Waals surface area (Å²) < 4.78 is 12.9. The number of carbonyl (C=O) groups is 1. The number of Topliss-reactive ketones (excluding diaryl/α,β-unsaturated/α-hetero) is 1. The Kier molecular flexibility index (Phi) is 6.95. The first-order valence-corrected chi connectivity index (χ1v) is 15.9. The van der Waals surface area contributed by atoms with Gasteiger partial charge in [0.15, 0.2) is 8.32 Å². The predicted octanol–water partition coefficient (Wildman–Crippen LogP) is 5.19. The van der Waals surface area contributed by atoms with Gasteiger partial charge in [0, 0.05) is 18.4 Å². The van der Waals surface area contributed by atoms with Gasteiger partial charge in [0.25, 0.3) is 0 Å². The lowest BCUT2D eigenvalue weighted by Gasteiger charge is -2.47. The molecule has 3 aliphatic rings. The van der Waals surface area contributed by atoms with Gasteiger partial charge in [-0.05, 0) is 73.9 Å². The standard InChI is InChI=1S/C27H50O5Si/c1-16-12-17-18(22(16)31-9)14-27(8,30)21(32-33(10,11)24(2,3)4)13-19-25(5,6)20(28)15-26(19,7)23(17)29/h16-22,28,30H,12-15H2,1-11H3/t16-,17+,18+,19+,20-,21+,22+,26-,27-/m1/s1. The molecule has 33 heavy (non-hydrogen) atoms. The number of fused-ring (bicyclic) bond motifs is 2. The number of hydrogen-bond donors (Lipinski definition) is 2. The smallest absolute Gasteiger partial charge is 0.192 e. The number of carbonyl (C=O) groups excluding carboxylic acids is 1. The first-order chi connectivity index (χ1) is 14.8. The van der Waals surface area contributed by atoms with E-state index >= 15 is 0 Å². The molecule has 0 aromatic rings. The molecule has 192 valence electrons. The van der Waals surface area contributed by atoms with Gasteiger partial charge in [-0.2, -0.15) is 0 Å². The molecule has 0 spiro atoms. The highest BCUT2D eigenvalue weighted by atomic mass is 28.4. The van der Waals surface area contributed by atoms with Gasteiger partial charge in [-0.15, -0.1) is 0 Å².